The third-order valence-corrected chi connectivity index (χ3v) is 4.88. The van der Waals surface area contributed by atoms with Crippen LogP contribution in [0.15, 0.2) is 47.6 Å². The van der Waals surface area contributed by atoms with Crippen LogP contribution in [0.4, 0.5) is 4.39 Å². The number of rotatable bonds is 6. The Morgan fingerprint density at radius 3 is 2.72 bits per heavy atom. The van der Waals surface area contributed by atoms with Crippen molar-refractivity contribution in [2.45, 2.75) is 17.5 Å². The lowest BCUT2D eigenvalue weighted by Gasteiger charge is -2.07. The van der Waals surface area contributed by atoms with Crippen LogP contribution in [0.3, 0.4) is 0 Å². The highest BCUT2D eigenvalue weighted by atomic mass is 35.5. The van der Waals surface area contributed by atoms with Gasteiger partial charge in [0.05, 0.1) is 0 Å². The molecule has 130 valence electrons. The number of nitrogens with zero attached hydrogens (tertiary/aromatic N) is 3. The summed E-state index contributed by atoms with van der Waals surface area (Å²) in [5.74, 6) is 6.60. The lowest BCUT2D eigenvalue weighted by Crippen LogP contribution is -2.16. The topological polar surface area (TPSA) is 66.0 Å². The molecule has 1 aromatic heterocycles. The van der Waals surface area contributed by atoms with E-state index < -0.39 is 5.82 Å². The van der Waals surface area contributed by atoms with Gasteiger partial charge >= 0.3 is 0 Å². The third kappa shape index (κ3) is 4.36. The van der Waals surface area contributed by atoms with Crippen LogP contribution in [0.1, 0.15) is 11.4 Å². The van der Waals surface area contributed by atoms with Crippen molar-refractivity contribution in [3.63, 3.8) is 0 Å². The van der Waals surface area contributed by atoms with Gasteiger partial charge in [-0.05, 0) is 29.8 Å². The summed E-state index contributed by atoms with van der Waals surface area (Å²) in [6, 6.07) is 11.4. The summed E-state index contributed by atoms with van der Waals surface area (Å²) in [5.41, 5.74) is 0.906. The molecule has 0 amide bonds. The van der Waals surface area contributed by atoms with Crippen molar-refractivity contribution in [3.05, 3.63) is 69.7 Å². The largest absolute Gasteiger partial charge is 0.482 e. The molecule has 0 saturated heterocycles. The molecule has 2 aromatic carbocycles. The van der Waals surface area contributed by atoms with Crippen LogP contribution >= 0.6 is 35.0 Å². The molecule has 0 saturated carbocycles. The Morgan fingerprint density at radius 1 is 1.16 bits per heavy atom. The van der Waals surface area contributed by atoms with Gasteiger partial charge in [-0.25, -0.2) is 9.07 Å². The maximum atomic E-state index is 13.5. The van der Waals surface area contributed by atoms with E-state index in [9.17, 15) is 4.39 Å². The van der Waals surface area contributed by atoms with E-state index in [1.165, 1.54) is 28.6 Å². The smallest absolute Gasteiger partial charge is 0.210 e. The fourth-order valence-electron chi connectivity index (χ4n) is 1.99. The quantitative estimate of drug-likeness (QED) is 0.494. The van der Waals surface area contributed by atoms with Gasteiger partial charge in [0.2, 0.25) is 5.16 Å². The number of thioether (sulfide) groups is 1. The van der Waals surface area contributed by atoms with Crippen molar-refractivity contribution >= 4 is 35.0 Å². The minimum absolute atomic E-state index is 0.00664. The number of hydrogen-bond donors (Lipinski definition) is 1. The Kier molecular flexibility index (Phi) is 5.67. The van der Waals surface area contributed by atoms with E-state index in [0.29, 0.717) is 26.8 Å². The Balaban J connectivity index is 1.64. The number of hydrogen-bond acceptors (Lipinski definition) is 5. The maximum absolute atomic E-state index is 13.5. The highest BCUT2D eigenvalue weighted by molar-refractivity contribution is 7.98. The van der Waals surface area contributed by atoms with Gasteiger partial charge in [0, 0.05) is 15.8 Å². The van der Waals surface area contributed by atoms with E-state index in [1.54, 1.807) is 24.3 Å². The molecule has 25 heavy (non-hydrogen) atoms. The molecule has 3 rings (SSSR count). The van der Waals surface area contributed by atoms with Crippen LogP contribution in [-0.2, 0) is 12.4 Å². The van der Waals surface area contributed by atoms with Crippen LogP contribution in [0.25, 0.3) is 0 Å². The average molecular weight is 399 g/mol. The van der Waals surface area contributed by atoms with Crippen LogP contribution in [0, 0.1) is 5.82 Å². The summed E-state index contributed by atoms with van der Waals surface area (Å²) in [7, 11) is 0. The van der Waals surface area contributed by atoms with Gasteiger partial charge < -0.3 is 10.6 Å². The van der Waals surface area contributed by atoms with Crippen molar-refractivity contribution < 1.29 is 9.13 Å². The molecule has 0 fully saturated rings. The molecule has 0 bridgehead atoms. The molecular weight excluding hydrogens is 386 g/mol. The fourth-order valence-corrected chi connectivity index (χ4v) is 3.42. The van der Waals surface area contributed by atoms with Crippen LogP contribution in [-0.4, -0.2) is 14.9 Å². The highest BCUT2D eigenvalue weighted by Crippen LogP contribution is 2.27. The number of nitrogen functional groups attached to an aromatic ring is 1. The Hall–Kier alpha value is -1.96. The minimum atomic E-state index is -0.447. The lowest BCUT2D eigenvalue weighted by molar-refractivity contribution is 0.277. The Labute approximate surface area is 157 Å². The number of halogens is 3. The average Bonchev–Trinajstić information content (AvgIpc) is 2.94. The second-order valence-electron chi connectivity index (χ2n) is 5.01. The molecule has 0 aliphatic heterocycles. The van der Waals surface area contributed by atoms with E-state index in [4.69, 9.17) is 33.8 Å². The summed E-state index contributed by atoms with van der Waals surface area (Å²) < 4.78 is 20.3. The number of aromatic nitrogens is 3. The van der Waals surface area contributed by atoms with E-state index in [1.807, 2.05) is 6.07 Å². The van der Waals surface area contributed by atoms with Crippen LogP contribution < -0.4 is 10.6 Å². The summed E-state index contributed by atoms with van der Waals surface area (Å²) in [6.45, 7) is 0.00664. The van der Waals surface area contributed by atoms with E-state index in [2.05, 4.69) is 10.2 Å². The van der Waals surface area contributed by atoms with Gasteiger partial charge in [0.1, 0.15) is 6.61 Å². The van der Waals surface area contributed by atoms with Gasteiger partial charge in [-0.3, -0.25) is 0 Å². The predicted molar refractivity (Wildman–Crippen MR) is 96.9 cm³/mol. The van der Waals surface area contributed by atoms with Gasteiger partial charge in [-0.15, -0.1) is 10.2 Å². The Morgan fingerprint density at radius 2 is 1.96 bits per heavy atom. The lowest BCUT2D eigenvalue weighted by atomic mass is 10.2. The molecular formula is C16H13Cl2FN4OS. The maximum Gasteiger partial charge on any atom is 0.210 e. The molecule has 0 aliphatic carbocycles. The summed E-state index contributed by atoms with van der Waals surface area (Å²) in [6.07, 6.45) is 0. The molecule has 2 N–H and O–H groups in total. The first-order chi connectivity index (χ1) is 12.0. The summed E-state index contributed by atoms with van der Waals surface area (Å²) >= 11 is 13.4. The first-order valence-electron chi connectivity index (χ1n) is 7.18. The zero-order chi connectivity index (χ0) is 17.8. The number of benzene rings is 2. The first-order valence-corrected chi connectivity index (χ1v) is 8.92. The molecule has 5 nitrogen and oxygen atoms in total. The first kappa shape index (κ1) is 17.8. The van der Waals surface area contributed by atoms with E-state index >= 15 is 0 Å². The Bertz CT molecular complexity index is 890. The van der Waals surface area contributed by atoms with Crippen molar-refractivity contribution in [1.82, 2.24) is 14.9 Å². The normalized spacial score (nSPS) is 10.8. The van der Waals surface area contributed by atoms with Gasteiger partial charge in [0.25, 0.3) is 0 Å². The molecule has 3 aromatic rings. The zero-order valence-electron chi connectivity index (χ0n) is 12.8. The van der Waals surface area contributed by atoms with Crippen molar-refractivity contribution in [2.24, 2.45) is 0 Å². The molecule has 0 spiro atoms. The van der Waals surface area contributed by atoms with Gasteiger partial charge in [-0.1, -0.05) is 53.2 Å². The van der Waals surface area contributed by atoms with Gasteiger partial charge in [-0.2, -0.15) is 0 Å². The molecule has 0 radical (unpaired) electrons. The minimum Gasteiger partial charge on any atom is -0.482 e. The van der Waals surface area contributed by atoms with Crippen molar-refractivity contribution in [3.8, 4) is 5.75 Å². The highest BCUT2D eigenvalue weighted by Gasteiger charge is 2.13. The summed E-state index contributed by atoms with van der Waals surface area (Å²) in [5, 5.41) is 9.65. The van der Waals surface area contributed by atoms with Crippen LogP contribution in [0.5, 0.6) is 5.75 Å². The SMILES string of the molecule is Nn1c(COc2ccccc2F)nnc1SCc1ccc(Cl)cc1Cl. The predicted octanol–water partition coefficient (Wildman–Crippen LogP) is 4.31. The summed E-state index contributed by atoms with van der Waals surface area (Å²) in [4.78, 5) is 0. The van der Waals surface area contributed by atoms with E-state index in [-0.39, 0.29) is 12.4 Å². The van der Waals surface area contributed by atoms with Crippen molar-refractivity contribution in [1.29, 1.82) is 0 Å². The van der Waals surface area contributed by atoms with Crippen molar-refractivity contribution in [2.75, 3.05) is 5.84 Å². The second-order valence-corrected chi connectivity index (χ2v) is 6.80. The standard InChI is InChI=1S/C16H13Cl2FN4OS/c17-11-6-5-10(12(18)7-11)9-25-16-22-21-15(23(16)20)8-24-14-4-2-1-3-13(14)19/h1-7H,8-9,20H2. The molecule has 1 heterocycles. The van der Waals surface area contributed by atoms with E-state index in [0.717, 1.165) is 5.56 Å². The molecule has 0 aliphatic rings. The number of para-hydroxylation sites is 1. The molecule has 0 atom stereocenters. The monoisotopic (exact) mass is 398 g/mol. The van der Waals surface area contributed by atoms with Crippen LogP contribution in [0.2, 0.25) is 10.0 Å². The zero-order valence-corrected chi connectivity index (χ0v) is 15.2. The fraction of sp³-hybridized carbons (Fsp3) is 0.125. The second kappa shape index (κ2) is 7.95. The third-order valence-electron chi connectivity index (χ3n) is 3.30. The molecule has 0 unspecified atom stereocenters. The molecule has 9 heteroatoms. The number of ether oxygens (including phenoxy) is 1. The van der Waals surface area contributed by atoms with Gasteiger partial charge in [0.15, 0.2) is 17.4 Å². The number of nitrogens with two attached hydrogens (primary N) is 1.